The van der Waals surface area contributed by atoms with Gasteiger partial charge in [-0.2, -0.15) is 5.26 Å². The van der Waals surface area contributed by atoms with E-state index in [9.17, 15) is 4.79 Å². The van der Waals surface area contributed by atoms with E-state index in [1.807, 2.05) is 18.2 Å². The Kier molecular flexibility index (Phi) is 3.83. The van der Waals surface area contributed by atoms with Gasteiger partial charge < -0.3 is 9.64 Å². The number of hydrogen-bond donors (Lipinski definition) is 0. The normalized spacial score (nSPS) is 13.7. The van der Waals surface area contributed by atoms with Crippen LogP contribution in [0.3, 0.4) is 0 Å². The summed E-state index contributed by atoms with van der Waals surface area (Å²) < 4.78 is 5.23. The van der Waals surface area contributed by atoms with Gasteiger partial charge in [0.2, 0.25) is 0 Å². The molecule has 1 aromatic carbocycles. The van der Waals surface area contributed by atoms with Crippen molar-refractivity contribution in [2.24, 2.45) is 0 Å². The zero-order chi connectivity index (χ0) is 13.0. The molecular formula is C14H16N2O2. The lowest BCUT2D eigenvalue weighted by Crippen LogP contribution is -2.30. The van der Waals surface area contributed by atoms with Crippen molar-refractivity contribution < 1.29 is 9.53 Å². The van der Waals surface area contributed by atoms with Gasteiger partial charge in [-0.1, -0.05) is 6.07 Å². The van der Waals surface area contributed by atoms with E-state index in [0.717, 1.165) is 37.2 Å². The molecule has 0 amide bonds. The summed E-state index contributed by atoms with van der Waals surface area (Å²) >= 11 is 0. The molecule has 0 radical (unpaired) electrons. The molecule has 0 spiro atoms. The van der Waals surface area contributed by atoms with E-state index in [-0.39, 0.29) is 5.97 Å². The van der Waals surface area contributed by atoms with Crippen LogP contribution in [0.25, 0.3) is 0 Å². The van der Waals surface area contributed by atoms with E-state index in [1.54, 1.807) is 0 Å². The molecule has 0 unspecified atom stereocenters. The van der Waals surface area contributed by atoms with Crippen molar-refractivity contribution >= 4 is 11.7 Å². The smallest absolute Gasteiger partial charge is 0.308 e. The Morgan fingerprint density at radius 1 is 1.56 bits per heavy atom. The first-order valence-corrected chi connectivity index (χ1v) is 6.14. The van der Waals surface area contributed by atoms with Crippen LogP contribution in [0.1, 0.15) is 25.3 Å². The molecule has 0 aliphatic carbocycles. The third-order valence-corrected chi connectivity index (χ3v) is 3.05. The highest BCUT2D eigenvalue weighted by atomic mass is 16.5. The number of hydrogen-bond acceptors (Lipinski definition) is 4. The van der Waals surface area contributed by atoms with Gasteiger partial charge >= 0.3 is 5.97 Å². The van der Waals surface area contributed by atoms with Crippen molar-refractivity contribution in [2.75, 3.05) is 18.0 Å². The summed E-state index contributed by atoms with van der Waals surface area (Å²) in [6, 6.07) is 7.91. The fourth-order valence-electron chi connectivity index (χ4n) is 2.34. The van der Waals surface area contributed by atoms with Crippen LogP contribution in [0.2, 0.25) is 0 Å². The number of ether oxygens (including phenoxy) is 1. The van der Waals surface area contributed by atoms with E-state index in [1.165, 1.54) is 6.92 Å². The Hall–Kier alpha value is -2.02. The van der Waals surface area contributed by atoms with Crippen molar-refractivity contribution in [1.82, 2.24) is 0 Å². The van der Waals surface area contributed by atoms with Gasteiger partial charge in [-0.15, -0.1) is 0 Å². The number of benzene rings is 1. The second-order valence-corrected chi connectivity index (χ2v) is 4.35. The predicted molar refractivity (Wildman–Crippen MR) is 68.5 cm³/mol. The number of carbonyl (C=O) groups excluding carboxylic acids is 1. The highest BCUT2D eigenvalue weighted by Crippen LogP contribution is 2.34. The topological polar surface area (TPSA) is 53.3 Å². The molecule has 0 fully saturated rings. The van der Waals surface area contributed by atoms with E-state index < -0.39 is 0 Å². The maximum Gasteiger partial charge on any atom is 0.308 e. The second kappa shape index (κ2) is 5.54. The molecular weight excluding hydrogens is 228 g/mol. The lowest BCUT2D eigenvalue weighted by molar-refractivity contribution is -0.131. The van der Waals surface area contributed by atoms with E-state index in [2.05, 4.69) is 11.0 Å². The fourth-order valence-corrected chi connectivity index (χ4v) is 2.34. The highest BCUT2D eigenvalue weighted by Gasteiger charge is 2.20. The van der Waals surface area contributed by atoms with Crippen LogP contribution in [-0.4, -0.2) is 19.1 Å². The molecule has 4 nitrogen and oxygen atoms in total. The zero-order valence-electron chi connectivity index (χ0n) is 10.5. The Morgan fingerprint density at radius 2 is 2.39 bits per heavy atom. The number of carbonyl (C=O) groups is 1. The number of anilines is 1. The van der Waals surface area contributed by atoms with Crippen molar-refractivity contribution in [3.8, 4) is 11.8 Å². The zero-order valence-corrected chi connectivity index (χ0v) is 10.5. The van der Waals surface area contributed by atoms with Gasteiger partial charge in [0.15, 0.2) is 0 Å². The molecule has 1 aliphatic heterocycles. The standard InChI is InChI=1S/C14H16N2O2/c1-11(17)18-14-7-2-6-13-12(14)5-3-9-16(13)10-4-8-15/h2,6-7H,3-5,9-10H2,1H3. The van der Waals surface area contributed by atoms with Gasteiger partial charge in [0.25, 0.3) is 0 Å². The summed E-state index contributed by atoms with van der Waals surface area (Å²) in [7, 11) is 0. The van der Waals surface area contributed by atoms with Gasteiger partial charge in [0.1, 0.15) is 5.75 Å². The van der Waals surface area contributed by atoms with Crippen LogP contribution < -0.4 is 9.64 Å². The van der Waals surface area contributed by atoms with Gasteiger partial charge in [-0.25, -0.2) is 0 Å². The molecule has 4 heteroatoms. The predicted octanol–water partition coefficient (Wildman–Crippen LogP) is 2.28. The summed E-state index contributed by atoms with van der Waals surface area (Å²) in [5.41, 5.74) is 2.17. The summed E-state index contributed by atoms with van der Waals surface area (Å²) in [4.78, 5) is 13.3. The lowest BCUT2D eigenvalue weighted by atomic mass is 10.0. The Labute approximate surface area is 107 Å². The van der Waals surface area contributed by atoms with Crippen molar-refractivity contribution in [2.45, 2.75) is 26.2 Å². The maximum atomic E-state index is 11.1. The van der Waals surface area contributed by atoms with E-state index in [0.29, 0.717) is 12.2 Å². The summed E-state index contributed by atoms with van der Waals surface area (Å²) in [5.74, 6) is 0.360. The number of nitriles is 1. The minimum Gasteiger partial charge on any atom is -0.426 e. The van der Waals surface area contributed by atoms with Gasteiger partial charge in [-0.3, -0.25) is 4.79 Å². The second-order valence-electron chi connectivity index (χ2n) is 4.35. The molecule has 0 atom stereocenters. The Morgan fingerprint density at radius 3 is 3.11 bits per heavy atom. The van der Waals surface area contributed by atoms with E-state index >= 15 is 0 Å². The van der Waals surface area contributed by atoms with Crippen molar-refractivity contribution in [1.29, 1.82) is 5.26 Å². The monoisotopic (exact) mass is 244 g/mol. The van der Waals surface area contributed by atoms with Crippen LogP contribution in [-0.2, 0) is 11.2 Å². The molecule has 0 N–H and O–H groups in total. The van der Waals surface area contributed by atoms with Crippen LogP contribution in [0.5, 0.6) is 5.75 Å². The third-order valence-electron chi connectivity index (χ3n) is 3.05. The van der Waals surface area contributed by atoms with Crippen LogP contribution in [0.15, 0.2) is 18.2 Å². The van der Waals surface area contributed by atoms with Gasteiger partial charge in [0, 0.05) is 31.3 Å². The summed E-state index contributed by atoms with van der Waals surface area (Å²) in [5, 5.41) is 8.67. The maximum absolute atomic E-state index is 11.1. The van der Waals surface area contributed by atoms with Crippen LogP contribution in [0.4, 0.5) is 5.69 Å². The van der Waals surface area contributed by atoms with Gasteiger partial charge in [-0.05, 0) is 25.0 Å². The number of esters is 1. The molecule has 0 aromatic heterocycles. The highest BCUT2D eigenvalue weighted by molar-refractivity contribution is 5.72. The molecule has 1 aliphatic rings. The Balaban J connectivity index is 2.28. The fraction of sp³-hybridized carbons (Fsp3) is 0.429. The largest absolute Gasteiger partial charge is 0.426 e. The van der Waals surface area contributed by atoms with Crippen molar-refractivity contribution in [3.05, 3.63) is 23.8 Å². The van der Waals surface area contributed by atoms with Gasteiger partial charge in [0.05, 0.1) is 12.5 Å². The molecule has 1 heterocycles. The number of fused-ring (bicyclic) bond motifs is 1. The summed E-state index contributed by atoms with van der Waals surface area (Å²) in [6.45, 7) is 3.10. The molecule has 94 valence electrons. The van der Waals surface area contributed by atoms with Crippen molar-refractivity contribution in [3.63, 3.8) is 0 Å². The molecule has 1 aromatic rings. The van der Waals surface area contributed by atoms with Crippen LogP contribution in [0, 0.1) is 11.3 Å². The first-order valence-electron chi connectivity index (χ1n) is 6.14. The number of rotatable bonds is 3. The first kappa shape index (κ1) is 12.4. The quantitative estimate of drug-likeness (QED) is 0.604. The molecule has 0 bridgehead atoms. The lowest BCUT2D eigenvalue weighted by Gasteiger charge is -2.31. The Bertz CT molecular complexity index is 491. The minimum atomic E-state index is -0.294. The van der Waals surface area contributed by atoms with E-state index in [4.69, 9.17) is 10.00 Å². The van der Waals surface area contributed by atoms with Crippen LogP contribution >= 0.6 is 0 Å². The average Bonchev–Trinajstić information content (AvgIpc) is 2.36. The molecule has 18 heavy (non-hydrogen) atoms. The summed E-state index contributed by atoms with van der Waals surface area (Å²) in [6.07, 6.45) is 2.45. The first-order chi connectivity index (χ1) is 8.72. The minimum absolute atomic E-state index is 0.294. The molecule has 0 saturated heterocycles. The molecule has 0 saturated carbocycles. The SMILES string of the molecule is CC(=O)Oc1cccc2c1CCCN2CCC#N. The average molecular weight is 244 g/mol. The number of nitrogens with zero attached hydrogens (tertiary/aromatic N) is 2. The molecule has 2 rings (SSSR count). The third kappa shape index (κ3) is 2.62.